The molecule has 0 radical (unpaired) electrons. The highest BCUT2D eigenvalue weighted by molar-refractivity contribution is 4.82. The third kappa shape index (κ3) is 10.7. The minimum absolute atomic E-state index is 1.21. The molecule has 0 N–H and O–H groups in total. The molecule has 0 aliphatic carbocycles. The second-order valence-corrected chi connectivity index (χ2v) is 7.86. The molecule has 0 amide bonds. The molecule has 25 heavy (non-hydrogen) atoms. The maximum Gasteiger partial charge on any atom is 0.256 e. The molecule has 146 valence electrons. The van der Waals surface area contributed by atoms with Crippen LogP contribution in [0.1, 0.15) is 116 Å². The molecular formula is C23H45N2+. The molecule has 2 nitrogen and oxygen atoms in total. The van der Waals surface area contributed by atoms with Crippen molar-refractivity contribution in [3.63, 3.8) is 0 Å². The van der Waals surface area contributed by atoms with Gasteiger partial charge in [-0.3, -0.25) is 0 Å². The van der Waals surface area contributed by atoms with Gasteiger partial charge in [0.2, 0.25) is 0 Å². The van der Waals surface area contributed by atoms with E-state index in [-0.39, 0.29) is 0 Å². The molecule has 0 unspecified atom stereocenters. The van der Waals surface area contributed by atoms with Crippen molar-refractivity contribution >= 4 is 0 Å². The number of aromatic nitrogens is 2. The van der Waals surface area contributed by atoms with E-state index in [2.05, 4.69) is 42.4 Å². The first kappa shape index (κ1) is 22.3. The fraction of sp³-hybridized carbons (Fsp3) is 0.870. The monoisotopic (exact) mass is 349 g/mol. The summed E-state index contributed by atoms with van der Waals surface area (Å²) in [6.07, 6.45) is 26.8. The van der Waals surface area contributed by atoms with Gasteiger partial charge in [-0.1, -0.05) is 90.9 Å². The Bertz CT molecular complexity index is 408. The quantitative estimate of drug-likeness (QED) is 0.217. The molecule has 0 saturated carbocycles. The lowest BCUT2D eigenvalue weighted by atomic mass is 10.1. The smallest absolute Gasteiger partial charge is 0.237 e. The van der Waals surface area contributed by atoms with Crippen molar-refractivity contribution in [2.75, 3.05) is 0 Å². The van der Waals surface area contributed by atoms with Gasteiger partial charge in [0.1, 0.15) is 12.4 Å². The SMILES string of the molecule is CCCCCCCCCCCCc1n(C)cc[n+]1CCCCCCC. The van der Waals surface area contributed by atoms with E-state index < -0.39 is 0 Å². The van der Waals surface area contributed by atoms with Crippen LogP contribution >= 0.6 is 0 Å². The number of hydrogen-bond acceptors (Lipinski definition) is 0. The molecule has 1 heterocycles. The van der Waals surface area contributed by atoms with Crippen molar-refractivity contribution in [3.8, 4) is 0 Å². The summed E-state index contributed by atoms with van der Waals surface area (Å²) in [5.41, 5.74) is 0. The summed E-state index contributed by atoms with van der Waals surface area (Å²) in [5, 5.41) is 0. The highest BCUT2D eigenvalue weighted by atomic mass is 15.1. The maximum atomic E-state index is 2.50. The first-order valence-corrected chi connectivity index (χ1v) is 11.3. The van der Waals surface area contributed by atoms with Crippen molar-refractivity contribution < 1.29 is 4.57 Å². The minimum atomic E-state index is 1.21. The van der Waals surface area contributed by atoms with E-state index in [0.29, 0.717) is 0 Å². The molecule has 0 aliphatic rings. The normalized spacial score (nSPS) is 11.3. The van der Waals surface area contributed by atoms with Crippen LogP contribution in [0.5, 0.6) is 0 Å². The Balaban J connectivity index is 2.08. The minimum Gasteiger partial charge on any atom is -0.237 e. The van der Waals surface area contributed by atoms with Crippen LogP contribution in [-0.4, -0.2) is 4.57 Å². The number of imidazole rings is 1. The van der Waals surface area contributed by atoms with Gasteiger partial charge in [-0.2, -0.15) is 0 Å². The summed E-state index contributed by atoms with van der Waals surface area (Å²) in [6.45, 7) is 5.79. The number of aryl methyl sites for hydroxylation is 2. The summed E-state index contributed by atoms with van der Waals surface area (Å²) < 4.78 is 4.83. The summed E-state index contributed by atoms with van der Waals surface area (Å²) >= 11 is 0. The average molecular weight is 350 g/mol. The fourth-order valence-electron chi connectivity index (χ4n) is 3.73. The number of rotatable bonds is 17. The first-order chi connectivity index (χ1) is 12.3. The molecule has 1 aromatic heterocycles. The zero-order valence-corrected chi connectivity index (χ0v) is 17.6. The third-order valence-electron chi connectivity index (χ3n) is 5.47. The molecule has 0 aliphatic heterocycles. The summed E-state index contributed by atoms with van der Waals surface area (Å²) in [7, 11) is 2.21. The van der Waals surface area contributed by atoms with Gasteiger partial charge in [0.25, 0.3) is 5.82 Å². The van der Waals surface area contributed by atoms with Crippen molar-refractivity contribution in [1.29, 1.82) is 0 Å². The molecular weight excluding hydrogens is 304 g/mol. The van der Waals surface area contributed by atoms with Gasteiger partial charge in [-0.15, -0.1) is 0 Å². The van der Waals surface area contributed by atoms with Gasteiger partial charge >= 0.3 is 0 Å². The predicted molar refractivity (Wildman–Crippen MR) is 110 cm³/mol. The lowest BCUT2D eigenvalue weighted by Gasteiger charge is -2.04. The van der Waals surface area contributed by atoms with E-state index in [9.17, 15) is 0 Å². The zero-order valence-electron chi connectivity index (χ0n) is 17.6. The fourth-order valence-corrected chi connectivity index (χ4v) is 3.73. The average Bonchev–Trinajstić information content (AvgIpc) is 2.96. The molecule has 1 rings (SSSR count). The zero-order chi connectivity index (χ0) is 18.2. The lowest BCUT2D eigenvalue weighted by Crippen LogP contribution is -2.37. The van der Waals surface area contributed by atoms with Gasteiger partial charge in [-0.05, 0) is 19.3 Å². The second-order valence-electron chi connectivity index (χ2n) is 7.86. The second kappa shape index (κ2) is 15.5. The van der Waals surface area contributed by atoms with E-state index in [1.807, 2.05) is 0 Å². The molecule has 0 atom stereocenters. The molecule has 0 saturated heterocycles. The van der Waals surface area contributed by atoms with Gasteiger partial charge < -0.3 is 0 Å². The van der Waals surface area contributed by atoms with Crippen LogP contribution in [-0.2, 0) is 20.0 Å². The van der Waals surface area contributed by atoms with E-state index >= 15 is 0 Å². The van der Waals surface area contributed by atoms with Crippen LogP contribution in [0.3, 0.4) is 0 Å². The van der Waals surface area contributed by atoms with E-state index in [4.69, 9.17) is 0 Å². The predicted octanol–water partition coefficient (Wildman–Crippen LogP) is 6.75. The van der Waals surface area contributed by atoms with Gasteiger partial charge in [0.05, 0.1) is 13.6 Å². The topological polar surface area (TPSA) is 8.81 Å². The first-order valence-electron chi connectivity index (χ1n) is 11.3. The van der Waals surface area contributed by atoms with Gasteiger partial charge in [0.15, 0.2) is 0 Å². The number of nitrogens with zero attached hydrogens (tertiary/aromatic N) is 2. The molecule has 2 heteroatoms. The van der Waals surface area contributed by atoms with Crippen LogP contribution in [0.4, 0.5) is 0 Å². The van der Waals surface area contributed by atoms with E-state index in [1.54, 1.807) is 0 Å². The third-order valence-corrected chi connectivity index (χ3v) is 5.47. The van der Waals surface area contributed by atoms with Gasteiger partial charge in [0, 0.05) is 6.42 Å². The van der Waals surface area contributed by atoms with E-state index in [0.717, 1.165) is 0 Å². The van der Waals surface area contributed by atoms with Crippen molar-refractivity contribution in [1.82, 2.24) is 4.57 Å². The van der Waals surface area contributed by atoms with Crippen molar-refractivity contribution in [2.24, 2.45) is 7.05 Å². The van der Waals surface area contributed by atoms with Crippen molar-refractivity contribution in [3.05, 3.63) is 18.2 Å². The summed E-state index contributed by atoms with van der Waals surface area (Å²) in [4.78, 5) is 0. The summed E-state index contributed by atoms with van der Waals surface area (Å²) in [5.74, 6) is 1.52. The maximum absolute atomic E-state index is 2.50. The highest BCUT2D eigenvalue weighted by Gasteiger charge is 2.13. The standard InChI is InChI=1S/C23H45N2/c1-4-6-8-10-11-12-13-14-15-17-19-23-24(3)21-22-25(23)20-18-16-9-7-5-2/h21-22H,4-20H2,1-3H3/q+1. The summed E-state index contributed by atoms with van der Waals surface area (Å²) in [6, 6.07) is 0. The molecule has 0 spiro atoms. The Morgan fingerprint density at radius 2 is 1.16 bits per heavy atom. The Morgan fingerprint density at radius 1 is 0.680 bits per heavy atom. The number of hydrogen-bond donors (Lipinski definition) is 0. The van der Waals surface area contributed by atoms with Crippen LogP contribution in [0.15, 0.2) is 12.4 Å². The van der Waals surface area contributed by atoms with Crippen LogP contribution in [0.25, 0.3) is 0 Å². The van der Waals surface area contributed by atoms with Crippen molar-refractivity contribution in [2.45, 2.75) is 123 Å². The highest BCUT2D eigenvalue weighted by Crippen LogP contribution is 2.12. The Kier molecular flexibility index (Phi) is 13.8. The molecule has 0 aromatic carbocycles. The van der Waals surface area contributed by atoms with Gasteiger partial charge in [-0.25, -0.2) is 9.13 Å². The Labute approximate surface area is 158 Å². The molecule has 0 fully saturated rings. The Morgan fingerprint density at radius 3 is 1.72 bits per heavy atom. The van der Waals surface area contributed by atoms with Crippen LogP contribution < -0.4 is 4.57 Å². The van der Waals surface area contributed by atoms with E-state index in [1.165, 1.54) is 115 Å². The lowest BCUT2D eigenvalue weighted by molar-refractivity contribution is -0.704. The largest absolute Gasteiger partial charge is 0.256 e. The van der Waals surface area contributed by atoms with Crippen LogP contribution in [0, 0.1) is 0 Å². The van der Waals surface area contributed by atoms with Crippen LogP contribution in [0.2, 0.25) is 0 Å². The molecule has 0 bridgehead atoms. The molecule has 1 aromatic rings. The number of unbranched alkanes of at least 4 members (excludes halogenated alkanes) is 13. The Hall–Kier alpha value is -0.790.